The Morgan fingerprint density at radius 1 is 0.960 bits per heavy atom. The van der Waals surface area contributed by atoms with Crippen molar-refractivity contribution >= 4 is 5.57 Å². The number of allylic oxidation sites excluding steroid dienone is 2. The van der Waals surface area contributed by atoms with Gasteiger partial charge in [0.25, 0.3) is 0 Å². The van der Waals surface area contributed by atoms with Gasteiger partial charge in [0.05, 0.1) is 13.7 Å². The highest BCUT2D eigenvalue weighted by atomic mass is 19.1. The van der Waals surface area contributed by atoms with Gasteiger partial charge in [0.2, 0.25) is 0 Å². The third-order valence-corrected chi connectivity index (χ3v) is 4.87. The first kappa shape index (κ1) is 17.7. The second-order valence-corrected chi connectivity index (χ2v) is 6.57. The Hall–Kier alpha value is -2.13. The smallest absolute Gasteiger partial charge is 0.131 e. The Balaban J connectivity index is 2.13. The van der Waals surface area contributed by atoms with Gasteiger partial charge in [-0.3, -0.25) is 0 Å². The van der Waals surface area contributed by atoms with Gasteiger partial charge >= 0.3 is 0 Å². The van der Waals surface area contributed by atoms with Crippen LogP contribution in [0.15, 0.2) is 42.5 Å². The van der Waals surface area contributed by atoms with Crippen molar-refractivity contribution in [2.75, 3.05) is 7.11 Å². The van der Waals surface area contributed by atoms with Crippen molar-refractivity contribution in [1.29, 1.82) is 0 Å². The fraction of sp³-hybridized carbons (Fsp3) is 0.364. The van der Waals surface area contributed by atoms with Crippen molar-refractivity contribution < 1.29 is 14.2 Å². The van der Waals surface area contributed by atoms with Crippen LogP contribution in [-0.4, -0.2) is 12.2 Å². The lowest BCUT2D eigenvalue weighted by atomic mass is 9.88. The van der Waals surface area contributed by atoms with Crippen LogP contribution in [0.25, 0.3) is 16.7 Å². The molecule has 0 bridgehead atoms. The Bertz CT molecular complexity index is 765. The minimum absolute atomic E-state index is 0.0127. The minimum atomic E-state index is -0.259. The summed E-state index contributed by atoms with van der Waals surface area (Å²) in [6.07, 6.45) is 9.20. The number of rotatable bonds is 4. The topological polar surface area (TPSA) is 29.5 Å². The molecule has 0 unspecified atom stereocenters. The predicted molar refractivity (Wildman–Crippen MR) is 100.0 cm³/mol. The molecule has 0 saturated carbocycles. The molecule has 0 aromatic heterocycles. The third kappa shape index (κ3) is 4.10. The van der Waals surface area contributed by atoms with Crippen LogP contribution in [0.4, 0.5) is 4.39 Å². The van der Waals surface area contributed by atoms with Gasteiger partial charge in [0, 0.05) is 5.56 Å². The van der Waals surface area contributed by atoms with E-state index in [0.717, 1.165) is 36.0 Å². The Labute approximate surface area is 149 Å². The van der Waals surface area contributed by atoms with Gasteiger partial charge in [0.1, 0.15) is 11.6 Å². The molecular formula is C22H25FO2. The number of methoxy groups -OCH3 is 1. The van der Waals surface area contributed by atoms with Crippen molar-refractivity contribution in [3.63, 3.8) is 0 Å². The molecule has 0 amide bonds. The van der Waals surface area contributed by atoms with E-state index in [1.165, 1.54) is 30.9 Å². The van der Waals surface area contributed by atoms with Gasteiger partial charge in [-0.05, 0) is 72.2 Å². The molecule has 2 aromatic rings. The second-order valence-electron chi connectivity index (χ2n) is 6.57. The molecule has 0 spiro atoms. The molecule has 3 heteroatoms. The van der Waals surface area contributed by atoms with E-state index < -0.39 is 0 Å². The minimum Gasteiger partial charge on any atom is -0.497 e. The molecule has 0 aliphatic heterocycles. The van der Waals surface area contributed by atoms with Gasteiger partial charge < -0.3 is 9.84 Å². The maximum Gasteiger partial charge on any atom is 0.131 e. The number of hydrogen-bond donors (Lipinski definition) is 1. The molecule has 1 N–H and O–H groups in total. The first-order valence-electron chi connectivity index (χ1n) is 9.00. The third-order valence-electron chi connectivity index (χ3n) is 4.87. The molecule has 2 aromatic carbocycles. The van der Waals surface area contributed by atoms with E-state index in [4.69, 9.17) is 4.74 Å². The molecule has 1 aliphatic carbocycles. The second kappa shape index (κ2) is 8.30. The average Bonchev–Trinajstić information content (AvgIpc) is 2.62. The van der Waals surface area contributed by atoms with Crippen LogP contribution in [0.2, 0.25) is 0 Å². The highest BCUT2D eigenvalue weighted by Crippen LogP contribution is 2.36. The molecule has 0 fully saturated rings. The van der Waals surface area contributed by atoms with Crippen molar-refractivity contribution in [2.24, 2.45) is 0 Å². The Morgan fingerprint density at radius 2 is 1.80 bits per heavy atom. The van der Waals surface area contributed by atoms with Gasteiger partial charge in [-0.15, -0.1) is 0 Å². The maximum absolute atomic E-state index is 14.5. The molecular weight excluding hydrogens is 315 g/mol. The largest absolute Gasteiger partial charge is 0.497 e. The summed E-state index contributed by atoms with van der Waals surface area (Å²) in [5.41, 5.74) is 4.54. The zero-order valence-corrected chi connectivity index (χ0v) is 14.7. The van der Waals surface area contributed by atoms with Crippen LogP contribution >= 0.6 is 0 Å². The van der Waals surface area contributed by atoms with Crippen molar-refractivity contribution in [3.05, 3.63) is 59.4 Å². The fourth-order valence-corrected chi connectivity index (χ4v) is 3.46. The van der Waals surface area contributed by atoms with E-state index in [0.29, 0.717) is 11.3 Å². The zero-order valence-electron chi connectivity index (χ0n) is 14.7. The number of aliphatic hydroxyl groups is 1. The molecule has 0 saturated heterocycles. The van der Waals surface area contributed by atoms with E-state index in [1.807, 2.05) is 18.2 Å². The lowest BCUT2D eigenvalue weighted by Crippen LogP contribution is -1.98. The first-order chi connectivity index (χ1) is 12.2. The van der Waals surface area contributed by atoms with Crippen LogP contribution in [0, 0.1) is 5.82 Å². The summed E-state index contributed by atoms with van der Waals surface area (Å²) < 4.78 is 19.8. The molecule has 3 rings (SSSR count). The lowest BCUT2D eigenvalue weighted by molar-refractivity contribution is 0.282. The molecule has 2 nitrogen and oxygen atoms in total. The molecule has 25 heavy (non-hydrogen) atoms. The van der Waals surface area contributed by atoms with E-state index in [1.54, 1.807) is 19.2 Å². The first-order valence-corrected chi connectivity index (χ1v) is 9.00. The SMILES string of the molecule is COc1ccc(F)c(-c2ccc(CO)cc2C2=CCCCCCC2)c1. The quantitative estimate of drug-likeness (QED) is 0.770. The van der Waals surface area contributed by atoms with E-state index in [-0.39, 0.29) is 12.4 Å². The van der Waals surface area contributed by atoms with Gasteiger partial charge in [-0.2, -0.15) is 0 Å². The fourth-order valence-electron chi connectivity index (χ4n) is 3.46. The molecule has 0 atom stereocenters. The normalized spacial score (nSPS) is 15.2. The predicted octanol–water partition coefficient (Wildman–Crippen LogP) is 5.73. The standard InChI is InChI=1S/C22H25FO2/c1-25-18-10-12-22(23)21(14-18)19-11-9-16(15-24)13-20(19)17-7-5-3-2-4-6-8-17/h7,9-14,24H,2-6,8,15H2,1H3. The summed E-state index contributed by atoms with van der Waals surface area (Å²) in [5.74, 6) is 0.380. The molecule has 1 aliphatic rings. The van der Waals surface area contributed by atoms with Crippen molar-refractivity contribution in [2.45, 2.75) is 45.1 Å². The maximum atomic E-state index is 14.5. The summed E-state index contributed by atoms with van der Waals surface area (Å²) in [4.78, 5) is 0. The van der Waals surface area contributed by atoms with E-state index in [2.05, 4.69) is 6.08 Å². The monoisotopic (exact) mass is 340 g/mol. The van der Waals surface area contributed by atoms with Gasteiger partial charge in [-0.25, -0.2) is 4.39 Å². The number of aliphatic hydroxyl groups excluding tert-OH is 1. The molecule has 0 heterocycles. The highest BCUT2D eigenvalue weighted by Gasteiger charge is 2.15. The lowest BCUT2D eigenvalue weighted by Gasteiger charge is -2.18. The van der Waals surface area contributed by atoms with Crippen LogP contribution in [0.5, 0.6) is 5.75 Å². The van der Waals surface area contributed by atoms with E-state index >= 15 is 0 Å². The zero-order chi connectivity index (χ0) is 17.6. The molecule has 132 valence electrons. The summed E-state index contributed by atoms with van der Waals surface area (Å²) >= 11 is 0. The number of halogens is 1. The number of ether oxygens (including phenoxy) is 1. The summed E-state index contributed by atoms with van der Waals surface area (Å²) in [6.45, 7) is -0.0127. The van der Waals surface area contributed by atoms with Crippen LogP contribution < -0.4 is 4.74 Å². The summed E-state index contributed by atoms with van der Waals surface area (Å²) in [5, 5.41) is 9.55. The highest BCUT2D eigenvalue weighted by molar-refractivity contribution is 5.82. The number of hydrogen-bond acceptors (Lipinski definition) is 2. The van der Waals surface area contributed by atoms with Crippen molar-refractivity contribution in [1.82, 2.24) is 0 Å². The van der Waals surface area contributed by atoms with E-state index in [9.17, 15) is 9.50 Å². The number of benzene rings is 2. The van der Waals surface area contributed by atoms with Gasteiger partial charge in [0.15, 0.2) is 0 Å². The summed E-state index contributed by atoms with van der Waals surface area (Å²) in [7, 11) is 1.59. The van der Waals surface area contributed by atoms with Crippen LogP contribution in [0.1, 0.15) is 49.7 Å². The van der Waals surface area contributed by atoms with Crippen LogP contribution in [-0.2, 0) is 6.61 Å². The van der Waals surface area contributed by atoms with Crippen molar-refractivity contribution in [3.8, 4) is 16.9 Å². The molecule has 0 radical (unpaired) electrons. The Kier molecular flexibility index (Phi) is 5.87. The summed E-state index contributed by atoms with van der Waals surface area (Å²) in [6, 6.07) is 10.6. The van der Waals surface area contributed by atoms with Gasteiger partial charge in [-0.1, -0.05) is 31.1 Å². The van der Waals surface area contributed by atoms with Crippen LogP contribution in [0.3, 0.4) is 0 Å². The average molecular weight is 340 g/mol. The Morgan fingerprint density at radius 3 is 2.60 bits per heavy atom.